The summed E-state index contributed by atoms with van der Waals surface area (Å²) in [4.78, 5) is 0. The molecule has 1 heterocycles. The lowest BCUT2D eigenvalue weighted by molar-refractivity contribution is 0.318. The highest BCUT2D eigenvalue weighted by atomic mass is 32.2. The predicted molar refractivity (Wildman–Crippen MR) is 82.7 cm³/mol. The molecule has 1 aliphatic heterocycles. The van der Waals surface area contributed by atoms with Crippen molar-refractivity contribution in [2.24, 2.45) is 10.9 Å². The molecule has 5 nitrogen and oxygen atoms in total. The molecule has 0 amide bonds. The molecule has 0 aliphatic carbocycles. The number of hydrogen-bond donors (Lipinski definition) is 3. The summed E-state index contributed by atoms with van der Waals surface area (Å²) in [5, 5.41) is 15.9. The van der Waals surface area contributed by atoms with Gasteiger partial charge in [0.2, 0.25) is 0 Å². The molecule has 1 atom stereocenters. The van der Waals surface area contributed by atoms with Crippen LogP contribution in [0, 0.1) is 0 Å². The molecule has 0 radical (unpaired) electrons. The van der Waals surface area contributed by atoms with Gasteiger partial charge in [-0.05, 0) is 36.8 Å². The first-order valence-corrected chi connectivity index (χ1v) is 7.76. The van der Waals surface area contributed by atoms with Gasteiger partial charge < -0.3 is 21.0 Å². The highest BCUT2D eigenvalue weighted by Crippen LogP contribution is 2.25. The third-order valence-corrected chi connectivity index (χ3v) is 4.79. The molecule has 20 heavy (non-hydrogen) atoms. The average molecular weight is 295 g/mol. The van der Waals surface area contributed by atoms with Gasteiger partial charge in [0.25, 0.3) is 0 Å². The van der Waals surface area contributed by atoms with Gasteiger partial charge in [0.05, 0.1) is 7.11 Å². The van der Waals surface area contributed by atoms with Crippen molar-refractivity contribution in [3.05, 3.63) is 29.3 Å². The Labute approximate surface area is 123 Å². The summed E-state index contributed by atoms with van der Waals surface area (Å²) in [6.07, 6.45) is 2.61. The number of nitrogens with one attached hydrogen (secondary N) is 1. The first-order chi connectivity index (χ1) is 9.74. The maximum atomic E-state index is 8.74. The Morgan fingerprint density at radius 2 is 2.45 bits per heavy atom. The summed E-state index contributed by atoms with van der Waals surface area (Å²) in [5.74, 6) is 2.19. The Bertz CT molecular complexity index is 473. The van der Waals surface area contributed by atoms with Gasteiger partial charge in [0.15, 0.2) is 5.84 Å². The number of nitrogens with zero attached hydrogens (tertiary/aromatic N) is 1. The van der Waals surface area contributed by atoms with Crippen molar-refractivity contribution in [2.45, 2.75) is 24.6 Å². The van der Waals surface area contributed by atoms with Crippen molar-refractivity contribution in [3.8, 4) is 5.75 Å². The van der Waals surface area contributed by atoms with Crippen LogP contribution in [0.25, 0.3) is 0 Å². The first-order valence-electron chi connectivity index (χ1n) is 6.71. The smallest absolute Gasteiger partial charge is 0.170 e. The zero-order chi connectivity index (χ0) is 14.4. The summed E-state index contributed by atoms with van der Waals surface area (Å²) < 4.78 is 5.35. The van der Waals surface area contributed by atoms with E-state index in [2.05, 4.69) is 10.5 Å². The minimum atomic E-state index is 0.111. The molecule has 0 bridgehead atoms. The molecule has 0 spiro atoms. The number of thioether (sulfide) groups is 1. The predicted octanol–water partition coefficient (Wildman–Crippen LogP) is 1.77. The van der Waals surface area contributed by atoms with Crippen LogP contribution in [0.4, 0.5) is 0 Å². The molecule has 4 N–H and O–H groups in total. The van der Waals surface area contributed by atoms with Gasteiger partial charge >= 0.3 is 0 Å². The standard InChI is InChI=1S/C14H21N3O2S/c1-19-13-5-4-10(14(15)17-18)7-11(13)8-16-9-12-3-2-6-20-12/h4-5,7,12,16,18H,2-3,6,8-9H2,1H3,(H2,15,17). The van der Waals surface area contributed by atoms with Gasteiger partial charge in [-0.3, -0.25) is 0 Å². The Morgan fingerprint density at radius 1 is 1.60 bits per heavy atom. The molecule has 1 aromatic carbocycles. The molecular formula is C14H21N3O2S. The maximum absolute atomic E-state index is 8.74. The third-order valence-electron chi connectivity index (χ3n) is 3.40. The van der Waals surface area contributed by atoms with Crippen LogP contribution < -0.4 is 15.8 Å². The van der Waals surface area contributed by atoms with Crippen molar-refractivity contribution in [1.82, 2.24) is 5.32 Å². The monoisotopic (exact) mass is 295 g/mol. The van der Waals surface area contributed by atoms with Crippen molar-refractivity contribution < 1.29 is 9.94 Å². The minimum Gasteiger partial charge on any atom is -0.496 e. The minimum absolute atomic E-state index is 0.111. The van der Waals surface area contributed by atoms with Crippen LogP contribution in [-0.4, -0.2) is 35.7 Å². The van der Waals surface area contributed by atoms with E-state index in [9.17, 15) is 0 Å². The highest BCUT2D eigenvalue weighted by Gasteiger charge is 2.15. The zero-order valence-electron chi connectivity index (χ0n) is 11.6. The molecule has 1 saturated heterocycles. The molecule has 1 aromatic rings. The van der Waals surface area contributed by atoms with Crippen molar-refractivity contribution in [2.75, 3.05) is 19.4 Å². The number of amidine groups is 1. The second-order valence-electron chi connectivity index (χ2n) is 4.78. The number of benzene rings is 1. The molecule has 110 valence electrons. The van der Waals surface area contributed by atoms with Crippen LogP contribution in [0.2, 0.25) is 0 Å². The van der Waals surface area contributed by atoms with Gasteiger partial charge in [-0.25, -0.2) is 0 Å². The molecule has 0 saturated carbocycles. The van der Waals surface area contributed by atoms with E-state index in [1.165, 1.54) is 18.6 Å². The maximum Gasteiger partial charge on any atom is 0.170 e. The van der Waals surface area contributed by atoms with Crippen LogP contribution in [0.3, 0.4) is 0 Å². The number of ether oxygens (including phenoxy) is 1. The van der Waals surface area contributed by atoms with E-state index in [4.69, 9.17) is 15.7 Å². The fraction of sp³-hybridized carbons (Fsp3) is 0.500. The Kier molecular flexibility index (Phi) is 5.55. The number of methoxy groups -OCH3 is 1. The number of rotatable bonds is 6. The molecule has 1 fully saturated rings. The van der Waals surface area contributed by atoms with E-state index < -0.39 is 0 Å². The second kappa shape index (κ2) is 7.40. The van der Waals surface area contributed by atoms with Gasteiger partial charge in [0, 0.05) is 29.5 Å². The summed E-state index contributed by atoms with van der Waals surface area (Å²) in [6, 6.07) is 5.52. The van der Waals surface area contributed by atoms with Gasteiger partial charge in [-0.2, -0.15) is 11.8 Å². The average Bonchev–Trinajstić information content (AvgIpc) is 2.99. The number of hydrogen-bond acceptors (Lipinski definition) is 5. The Morgan fingerprint density at radius 3 is 3.10 bits per heavy atom. The summed E-state index contributed by atoms with van der Waals surface area (Å²) in [7, 11) is 1.65. The fourth-order valence-corrected chi connectivity index (χ4v) is 3.54. The topological polar surface area (TPSA) is 79.9 Å². The number of nitrogens with two attached hydrogens (primary N) is 1. The van der Waals surface area contributed by atoms with E-state index in [0.29, 0.717) is 17.4 Å². The van der Waals surface area contributed by atoms with Crippen molar-refractivity contribution >= 4 is 17.6 Å². The summed E-state index contributed by atoms with van der Waals surface area (Å²) >= 11 is 2.03. The molecule has 2 rings (SSSR count). The van der Waals surface area contributed by atoms with Crippen LogP contribution in [0.5, 0.6) is 5.75 Å². The zero-order valence-corrected chi connectivity index (χ0v) is 12.4. The Balaban J connectivity index is 2.00. The largest absolute Gasteiger partial charge is 0.496 e. The fourth-order valence-electron chi connectivity index (χ4n) is 2.31. The molecule has 1 aliphatic rings. The highest BCUT2D eigenvalue weighted by molar-refractivity contribution is 8.00. The van der Waals surface area contributed by atoms with Crippen molar-refractivity contribution in [3.63, 3.8) is 0 Å². The second-order valence-corrected chi connectivity index (χ2v) is 6.19. The third kappa shape index (κ3) is 3.80. The van der Waals surface area contributed by atoms with Crippen LogP contribution in [0.1, 0.15) is 24.0 Å². The van der Waals surface area contributed by atoms with E-state index in [1.807, 2.05) is 23.9 Å². The van der Waals surface area contributed by atoms with Crippen LogP contribution in [-0.2, 0) is 6.54 Å². The van der Waals surface area contributed by atoms with E-state index >= 15 is 0 Å². The van der Waals surface area contributed by atoms with Gasteiger partial charge in [-0.15, -0.1) is 0 Å². The SMILES string of the molecule is COc1ccc(/C(N)=N/O)cc1CNCC1CCCS1. The number of oxime groups is 1. The van der Waals surface area contributed by atoms with E-state index in [1.54, 1.807) is 13.2 Å². The lowest BCUT2D eigenvalue weighted by Gasteiger charge is -2.13. The molecule has 0 aromatic heterocycles. The molecule has 6 heteroatoms. The lowest BCUT2D eigenvalue weighted by Crippen LogP contribution is -2.23. The lowest BCUT2D eigenvalue weighted by atomic mass is 10.1. The van der Waals surface area contributed by atoms with Crippen LogP contribution in [0.15, 0.2) is 23.4 Å². The first kappa shape index (κ1) is 15.0. The summed E-state index contributed by atoms with van der Waals surface area (Å²) in [6.45, 7) is 1.72. The van der Waals surface area contributed by atoms with E-state index in [-0.39, 0.29) is 5.84 Å². The van der Waals surface area contributed by atoms with Gasteiger partial charge in [-0.1, -0.05) is 5.16 Å². The molecular weight excluding hydrogens is 274 g/mol. The van der Waals surface area contributed by atoms with Crippen molar-refractivity contribution in [1.29, 1.82) is 0 Å². The van der Waals surface area contributed by atoms with Crippen LogP contribution >= 0.6 is 11.8 Å². The Hall–Kier alpha value is -1.40. The summed E-state index contributed by atoms with van der Waals surface area (Å²) in [5.41, 5.74) is 7.33. The van der Waals surface area contributed by atoms with E-state index in [0.717, 1.165) is 17.9 Å². The quantitative estimate of drug-likeness (QED) is 0.323. The molecule has 1 unspecified atom stereocenters. The normalized spacial score (nSPS) is 19.2. The van der Waals surface area contributed by atoms with Gasteiger partial charge in [0.1, 0.15) is 5.75 Å².